The maximum Gasteiger partial charge on any atom is 0.251 e. The van der Waals surface area contributed by atoms with Gasteiger partial charge in [-0.2, -0.15) is 4.31 Å². The van der Waals surface area contributed by atoms with Crippen LogP contribution >= 0.6 is 0 Å². The molecular weight excluding hydrogens is 302 g/mol. The molecule has 1 fully saturated rings. The molecule has 1 saturated heterocycles. The van der Waals surface area contributed by atoms with Crippen molar-refractivity contribution >= 4 is 15.9 Å². The minimum absolute atomic E-state index is 0.00330. The van der Waals surface area contributed by atoms with E-state index >= 15 is 0 Å². The molecule has 1 amide bonds. The highest BCUT2D eigenvalue weighted by Crippen LogP contribution is 2.22. The number of carbonyl (C=O) groups excluding carboxylic acids is 1. The molecule has 1 aliphatic heterocycles. The lowest BCUT2D eigenvalue weighted by Gasteiger charge is -2.27. The molecular formula is C15H23N3O3S. The molecule has 1 atom stereocenters. The van der Waals surface area contributed by atoms with Gasteiger partial charge in [-0.25, -0.2) is 8.42 Å². The van der Waals surface area contributed by atoms with Gasteiger partial charge in [0, 0.05) is 31.7 Å². The molecule has 0 radical (unpaired) electrons. The number of nitrogens with one attached hydrogen (secondary N) is 2. The third-order valence-electron chi connectivity index (χ3n) is 3.84. The number of rotatable bonds is 6. The van der Waals surface area contributed by atoms with Crippen molar-refractivity contribution in [2.75, 3.05) is 26.7 Å². The van der Waals surface area contributed by atoms with Gasteiger partial charge in [-0.1, -0.05) is 6.92 Å². The number of benzene rings is 1. The normalized spacial score (nSPS) is 18.6. The Kier molecular flexibility index (Phi) is 5.55. The zero-order valence-electron chi connectivity index (χ0n) is 13.0. The highest BCUT2D eigenvalue weighted by molar-refractivity contribution is 7.89. The fraction of sp³-hybridized carbons (Fsp3) is 0.533. The number of sulfonamides is 1. The van der Waals surface area contributed by atoms with Gasteiger partial charge in [-0.3, -0.25) is 4.79 Å². The summed E-state index contributed by atoms with van der Waals surface area (Å²) in [6.45, 7) is 4.01. The standard InChI is InChI=1S/C15H23N3O3S/c1-3-10-18(13-8-9-17-11-13)22(20,21)14-6-4-12(5-7-14)15(19)16-2/h4-7,13,17H,3,8-11H2,1-2H3,(H,16,19). The quantitative estimate of drug-likeness (QED) is 0.811. The first-order valence-corrected chi connectivity index (χ1v) is 8.99. The van der Waals surface area contributed by atoms with Crippen molar-refractivity contribution in [1.29, 1.82) is 0 Å². The van der Waals surface area contributed by atoms with Crippen LogP contribution in [0.25, 0.3) is 0 Å². The van der Waals surface area contributed by atoms with Crippen LogP contribution in [0.2, 0.25) is 0 Å². The van der Waals surface area contributed by atoms with Crippen molar-refractivity contribution in [3.63, 3.8) is 0 Å². The third kappa shape index (κ3) is 3.48. The summed E-state index contributed by atoms with van der Waals surface area (Å²) in [6, 6.07) is 6.10. The van der Waals surface area contributed by atoms with E-state index in [0.29, 0.717) is 18.7 Å². The average molecular weight is 325 g/mol. The molecule has 1 aliphatic rings. The zero-order valence-corrected chi connectivity index (χ0v) is 13.8. The van der Waals surface area contributed by atoms with Crippen LogP contribution in [-0.4, -0.2) is 51.4 Å². The lowest BCUT2D eigenvalue weighted by atomic mass is 10.2. The van der Waals surface area contributed by atoms with E-state index in [4.69, 9.17) is 0 Å². The van der Waals surface area contributed by atoms with Gasteiger partial charge in [0.25, 0.3) is 5.91 Å². The molecule has 0 saturated carbocycles. The molecule has 122 valence electrons. The van der Waals surface area contributed by atoms with Gasteiger partial charge in [0.05, 0.1) is 4.90 Å². The number of amides is 1. The molecule has 1 aromatic carbocycles. The molecule has 2 rings (SSSR count). The monoisotopic (exact) mass is 325 g/mol. The highest BCUT2D eigenvalue weighted by Gasteiger charge is 2.32. The molecule has 0 spiro atoms. The van der Waals surface area contributed by atoms with Crippen molar-refractivity contribution in [1.82, 2.24) is 14.9 Å². The predicted octanol–water partition coefficient (Wildman–Crippen LogP) is 0.809. The summed E-state index contributed by atoms with van der Waals surface area (Å²) in [7, 11) is -1.99. The molecule has 22 heavy (non-hydrogen) atoms. The van der Waals surface area contributed by atoms with Gasteiger partial charge in [-0.05, 0) is 43.7 Å². The van der Waals surface area contributed by atoms with E-state index in [9.17, 15) is 13.2 Å². The van der Waals surface area contributed by atoms with Crippen molar-refractivity contribution in [2.24, 2.45) is 0 Å². The first kappa shape index (κ1) is 16.9. The Bertz CT molecular complexity index is 607. The molecule has 7 heteroatoms. The van der Waals surface area contributed by atoms with Crippen LogP contribution in [0.3, 0.4) is 0 Å². The SMILES string of the molecule is CCCN(C1CCNC1)S(=O)(=O)c1ccc(C(=O)NC)cc1. The van der Waals surface area contributed by atoms with Crippen molar-refractivity contribution in [3.05, 3.63) is 29.8 Å². The van der Waals surface area contributed by atoms with E-state index < -0.39 is 10.0 Å². The topological polar surface area (TPSA) is 78.5 Å². The summed E-state index contributed by atoms with van der Waals surface area (Å²) in [5, 5.41) is 5.73. The maximum atomic E-state index is 12.9. The van der Waals surface area contributed by atoms with E-state index in [2.05, 4.69) is 10.6 Å². The molecule has 1 aromatic rings. The molecule has 0 aromatic heterocycles. The number of nitrogens with zero attached hydrogens (tertiary/aromatic N) is 1. The first-order chi connectivity index (χ1) is 10.5. The van der Waals surface area contributed by atoms with Crippen molar-refractivity contribution < 1.29 is 13.2 Å². The van der Waals surface area contributed by atoms with Crippen LogP contribution in [0.5, 0.6) is 0 Å². The van der Waals surface area contributed by atoms with Gasteiger partial charge in [-0.15, -0.1) is 0 Å². The van der Waals surface area contributed by atoms with Crippen LogP contribution in [0.15, 0.2) is 29.2 Å². The Hall–Kier alpha value is -1.44. The average Bonchev–Trinajstić information content (AvgIpc) is 3.05. The zero-order chi connectivity index (χ0) is 16.2. The van der Waals surface area contributed by atoms with Crippen LogP contribution in [-0.2, 0) is 10.0 Å². The Labute approximate surface area is 131 Å². The van der Waals surface area contributed by atoms with Gasteiger partial charge in [0.1, 0.15) is 0 Å². The summed E-state index contributed by atoms with van der Waals surface area (Å²) >= 11 is 0. The molecule has 1 heterocycles. The second-order valence-electron chi connectivity index (χ2n) is 5.37. The largest absolute Gasteiger partial charge is 0.355 e. The fourth-order valence-electron chi connectivity index (χ4n) is 2.66. The van der Waals surface area contributed by atoms with Gasteiger partial charge >= 0.3 is 0 Å². The third-order valence-corrected chi connectivity index (χ3v) is 5.80. The van der Waals surface area contributed by atoms with Crippen molar-refractivity contribution in [2.45, 2.75) is 30.7 Å². The second-order valence-corrected chi connectivity index (χ2v) is 7.26. The van der Waals surface area contributed by atoms with Crippen LogP contribution < -0.4 is 10.6 Å². The van der Waals surface area contributed by atoms with Crippen LogP contribution in [0.4, 0.5) is 0 Å². The minimum Gasteiger partial charge on any atom is -0.355 e. The smallest absolute Gasteiger partial charge is 0.251 e. The fourth-order valence-corrected chi connectivity index (χ4v) is 4.41. The number of hydrogen-bond donors (Lipinski definition) is 2. The van der Waals surface area contributed by atoms with Crippen LogP contribution in [0.1, 0.15) is 30.1 Å². The summed E-state index contributed by atoms with van der Waals surface area (Å²) in [4.78, 5) is 11.8. The van der Waals surface area contributed by atoms with Gasteiger partial charge < -0.3 is 10.6 Å². The summed E-state index contributed by atoms with van der Waals surface area (Å²) in [5.41, 5.74) is 0.450. The Balaban J connectivity index is 2.28. The van der Waals surface area contributed by atoms with E-state index in [1.54, 1.807) is 23.5 Å². The Morgan fingerprint density at radius 2 is 2.05 bits per heavy atom. The lowest BCUT2D eigenvalue weighted by Crippen LogP contribution is -2.42. The summed E-state index contributed by atoms with van der Waals surface area (Å²) in [5.74, 6) is -0.227. The number of hydrogen-bond acceptors (Lipinski definition) is 4. The number of carbonyl (C=O) groups is 1. The second kappa shape index (κ2) is 7.21. The Morgan fingerprint density at radius 1 is 1.36 bits per heavy atom. The lowest BCUT2D eigenvalue weighted by molar-refractivity contribution is 0.0963. The molecule has 0 aliphatic carbocycles. The molecule has 0 bridgehead atoms. The van der Waals surface area contributed by atoms with Crippen LogP contribution in [0, 0.1) is 0 Å². The minimum atomic E-state index is -3.53. The van der Waals surface area contributed by atoms with Gasteiger partial charge in [0.2, 0.25) is 10.0 Å². The summed E-state index contributed by atoms with van der Waals surface area (Å²) in [6.07, 6.45) is 1.60. The molecule has 1 unspecified atom stereocenters. The van der Waals surface area contributed by atoms with E-state index in [1.807, 2.05) is 6.92 Å². The van der Waals surface area contributed by atoms with E-state index in [1.165, 1.54) is 12.1 Å². The highest BCUT2D eigenvalue weighted by atomic mass is 32.2. The predicted molar refractivity (Wildman–Crippen MR) is 85.3 cm³/mol. The van der Waals surface area contributed by atoms with E-state index in [-0.39, 0.29) is 16.8 Å². The summed E-state index contributed by atoms with van der Waals surface area (Å²) < 4.78 is 27.3. The Morgan fingerprint density at radius 3 is 2.55 bits per heavy atom. The maximum absolute atomic E-state index is 12.9. The molecule has 6 nitrogen and oxygen atoms in total. The van der Waals surface area contributed by atoms with Gasteiger partial charge in [0.15, 0.2) is 0 Å². The van der Waals surface area contributed by atoms with E-state index in [0.717, 1.165) is 19.4 Å². The molecule has 2 N–H and O–H groups in total. The van der Waals surface area contributed by atoms with Crippen molar-refractivity contribution in [3.8, 4) is 0 Å². The first-order valence-electron chi connectivity index (χ1n) is 7.55.